The fraction of sp³-hybridized carbons (Fsp3) is 0.115. The standard InChI is InChI=1S/C26H19NO6/c1-15(28)17-8-11-20(12-9-17)27-24(30)21-13-10-19(14-22(21)25(27)31)26(32)33-16(2)23(29)18-6-4-3-5-7-18/h3-14,16H,1-2H3/t16-/m0/s1. The topological polar surface area (TPSA) is 97.8 Å². The third-order valence-electron chi connectivity index (χ3n) is 5.37. The second kappa shape index (κ2) is 8.63. The van der Waals surface area contributed by atoms with Gasteiger partial charge in [-0.15, -0.1) is 0 Å². The number of benzene rings is 3. The fourth-order valence-corrected chi connectivity index (χ4v) is 3.57. The molecule has 0 bridgehead atoms. The summed E-state index contributed by atoms with van der Waals surface area (Å²) in [6.45, 7) is 2.90. The molecule has 3 aromatic rings. The lowest BCUT2D eigenvalue weighted by molar-refractivity contribution is 0.0318. The Morgan fingerprint density at radius 2 is 1.36 bits per heavy atom. The van der Waals surface area contributed by atoms with Crippen LogP contribution in [0.4, 0.5) is 5.69 Å². The molecule has 0 unspecified atom stereocenters. The Morgan fingerprint density at radius 3 is 2.00 bits per heavy atom. The van der Waals surface area contributed by atoms with Crippen molar-refractivity contribution in [2.45, 2.75) is 20.0 Å². The quantitative estimate of drug-likeness (QED) is 0.324. The van der Waals surface area contributed by atoms with E-state index in [0.29, 0.717) is 16.8 Å². The van der Waals surface area contributed by atoms with Crippen LogP contribution in [0.15, 0.2) is 72.8 Å². The molecule has 0 aromatic heterocycles. The molecular formula is C26H19NO6. The monoisotopic (exact) mass is 441 g/mol. The summed E-state index contributed by atoms with van der Waals surface area (Å²) in [5.41, 5.74) is 1.46. The number of ether oxygens (including phenoxy) is 1. The number of imide groups is 1. The lowest BCUT2D eigenvalue weighted by atomic mass is 10.1. The first kappa shape index (κ1) is 21.8. The first-order valence-electron chi connectivity index (χ1n) is 10.2. The molecule has 0 spiro atoms. The van der Waals surface area contributed by atoms with Gasteiger partial charge in [0.2, 0.25) is 5.78 Å². The van der Waals surface area contributed by atoms with Crippen LogP contribution < -0.4 is 4.90 Å². The van der Waals surface area contributed by atoms with Crippen molar-refractivity contribution in [3.63, 3.8) is 0 Å². The van der Waals surface area contributed by atoms with Crippen LogP contribution in [0.25, 0.3) is 0 Å². The lowest BCUT2D eigenvalue weighted by Crippen LogP contribution is -2.29. The molecule has 0 saturated heterocycles. The van der Waals surface area contributed by atoms with Gasteiger partial charge in [0.05, 0.1) is 22.4 Å². The maximum absolute atomic E-state index is 12.9. The molecule has 164 valence electrons. The predicted molar refractivity (Wildman–Crippen MR) is 120 cm³/mol. The van der Waals surface area contributed by atoms with Gasteiger partial charge in [0.1, 0.15) is 0 Å². The molecule has 1 heterocycles. The van der Waals surface area contributed by atoms with Crippen LogP contribution in [0, 0.1) is 0 Å². The minimum absolute atomic E-state index is 0.0522. The van der Waals surface area contributed by atoms with E-state index in [4.69, 9.17) is 4.74 Å². The van der Waals surface area contributed by atoms with Crippen molar-refractivity contribution in [1.29, 1.82) is 0 Å². The van der Waals surface area contributed by atoms with Gasteiger partial charge in [0.15, 0.2) is 11.9 Å². The number of anilines is 1. The zero-order chi connectivity index (χ0) is 23.7. The number of ketones is 2. The smallest absolute Gasteiger partial charge is 0.338 e. The summed E-state index contributed by atoms with van der Waals surface area (Å²) in [7, 11) is 0. The second-order valence-electron chi connectivity index (χ2n) is 7.59. The second-order valence-corrected chi connectivity index (χ2v) is 7.59. The molecule has 33 heavy (non-hydrogen) atoms. The first-order chi connectivity index (χ1) is 15.8. The molecule has 0 N–H and O–H groups in total. The van der Waals surface area contributed by atoms with Crippen molar-refractivity contribution in [1.82, 2.24) is 0 Å². The third kappa shape index (κ3) is 4.08. The van der Waals surface area contributed by atoms with Gasteiger partial charge >= 0.3 is 5.97 Å². The number of hydrogen-bond donors (Lipinski definition) is 0. The van der Waals surface area contributed by atoms with Crippen LogP contribution in [-0.2, 0) is 4.74 Å². The highest BCUT2D eigenvalue weighted by atomic mass is 16.5. The number of nitrogens with zero attached hydrogens (tertiary/aromatic N) is 1. The van der Waals surface area contributed by atoms with E-state index in [1.54, 1.807) is 30.3 Å². The largest absolute Gasteiger partial charge is 0.451 e. The van der Waals surface area contributed by atoms with Gasteiger partial charge in [-0.2, -0.15) is 0 Å². The molecule has 7 nitrogen and oxygen atoms in total. The van der Waals surface area contributed by atoms with Crippen molar-refractivity contribution in [2.24, 2.45) is 0 Å². The Labute approximate surface area is 189 Å². The number of Topliss-reactive ketones (excluding diaryl/α,β-unsaturated/α-hetero) is 2. The summed E-state index contributed by atoms with van der Waals surface area (Å²) < 4.78 is 5.29. The summed E-state index contributed by atoms with van der Waals surface area (Å²) in [5.74, 6) is -2.38. The van der Waals surface area contributed by atoms with E-state index in [9.17, 15) is 24.0 Å². The van der Waals surface area contributed by atoms with Crippen LogP contribution in [0.2, 0.25) is 0 Å². The molecule has 0 radical (unpaired) electrons. The molecule has 1 atom stereocenters. The third-order valence-corrected chi connectivity index (χ3v) is 5.37. The molecule has 4 rings (SSSR count). The molecule has 0 aliphatic carbocycles. The number of carbonyl (C=O) groups is 5. The van der Waals surface area contributed by atoms with Crippen LogP contribution in [0.5, 0.6) is 0 Å². The Balaban J connectivity index is 1.54. The van der Waals surface area contributed by atoms with Crippen LogP contribution in [-0.4, -0.2) is 35.5 Å². The minimum Gasteiger partial charge on any atom is -0.451 e. The highest BCUT2D eigenvalue weighted by Gasteiger charge is 2.37. The Kier molecular flexibility index (Phi) is 5.70. The average molecular weight is 441 g/mol. The van der Waals surface area contributed by atoms with E-state index in [0.717, 1.165) is 4.90 Å². The predicted octanol–water partition coefficient (Wildman–Crippen LogP) is 4.12. The summed E-state index contributed by atoms with van der Waals surface area (Å²) in [6.07, 6.45) is -1.03. The van der Waals surface area contributed by atoms with Crippen molar-refractivity contribution in [3.05, 3.63) is 101 Å². The van der Waals surface area contributed by atoms with Crippen LogP contribution >= 0.6 is 0 Å². The van der Waals surface area contributed by atoms with Gasteiger partial charge in [-0.3, -0.25) is 19.2 Å². The van der Waals surface area contributed by atoms with E-state index in [2.05, 4.69) is 0 Å². The van der Waals surface area contributed by atoms with Crippen LogP contribution in [0.3, 0.4) is 0 Å². The molecule has 1 aliphatic rings. The summed E-state index contributed by atoms with van der Waals surface area (Å²) in [6, 6.07) is 18.6. The molecule has 3 aromatic carbocycles. The van der Waals surface area contributed by atoms with Crippen LogP contribution in [0.1, 0.15) is 65.6 Å². The maximum atomic E-state index is 12.9. The van der Waals surface area contributed by atoms with E-state index in [1.807, 2.05) is 0 Å². The lowest BCUT2D eigenvalue weighted by Gasteiger charge is -2.14. The van der Waals surface area contributed by atoms with Gasteiger partial charge in [-0.1, -0.05) is 30.3 Å². The number of amides is 2. The minimum atomic E-state index is -1.03. The highest BCUT2D eigenvalue weighted by molar-refractivity contribution is 6.34. The summed E-state index contributed by atoms with van der Waals surface area (Å²) >= 11 is 0. The van der Waals surface area contributed by atoms with Gasteiger partial charge < -0.3 is 4.74 Å². The number of esters is 1. The van der Waals surface area contributed by atoms with Crippen molar-refractivity contribution < 1.29 is 28.7 Å². The highest BCUT2D eigenvalue weighted by Crippen LogP contribution is 2.29. The van der Waals surface area contributed by atoms with E-state index >= 15 is 0 Å². The molecule has 2 amide bonds. The fourth-order valence-electron chi connectivity index (χ4n) is 3.57. The molecule has 7 heteroatoms. The molecule has 0 fully saturated rings. The van der Waals surface area contributed by atoms with E-state index < -0.39 is 23.9 Å². The van der Waals surface area contributed by atoms with Gasteiger partial charge in [0.25, 0.3) is 11.8 Å². The molecular weight excluding hydrogens is 422 g/mol. The SMILES string of the molecule is CC(=O)c1ccc(N2C(=O)c3ccc(C(=O)O[C@@H](C)C(=O)c4ccccc4)cc3C2=O)cc1. The van der Waals surface area contributed by atoms with Crippen molar-refractivity contribution >= 4 is 35.0 Å². The van der Waals surface area contributed by atoms with Crippen molar-refractivity contribution in [3.8, 4) is 0 Å². The number of carbonyl (C=O) groups excluding carboxylic acids is 5. The van der Waals surface area contributed by atoms with Gasteiger partial charge in [0, 0.05) is 11.1 Å². The normalized spacial score (nSPS) is 13.5. The molecule has 1 aliphatic heterocycles. The number of hydrogen-bond acceptors (Lipinski definition) is 6. The zero-order valence-corrected chi connectivity index (χ0v) is 17.9. The Morgan fingerprint density at radius 1 is 0.758 bits per heavy atom. The van der Waals surface area contributed by atoms with Gasteiger partial charge in [-0.25, -0.2) is 9.69 Å². The Bertz CT molecular complexity index is 1290. The average Bonchev–Trinajstić information content (AvgIpc) is 3.08. The first-order valence-corrected chi connectivity index (χ1v) is 10.2. The number of fused-ring (bicyclic) bond motifs is 1. The number of rotatable bonds is 6. The maximum Gasteiger partial charge on any atom is 0.338 e. The summed E-state index contributed by atoms with van der Waals surface area (Å²) in [4.78, 5) is 63.3. The zero-order valence-electron chi connectivity index (χ0n) is 17.9. The van der Waals surface area contributed by atoms with E-state index in [1.165, 1.54) is 56.3 Å². The van der Waals surface area contributed by atoms with Crippen molar-refractivity contribution in [2.75, 3.05) is 4.90 Å². The van der Waals surface area contributed by atoms with E-state index in [-0.39, 0.29) is 28.3 Å². The van der Waals surface area contributed by atoms with Gasteiger partial charge in [-0.05, 0) is 56.3 Å². The molecule has 0 saturated carbocycles. The summed E-state index contributed by atoms with van der Waals surface area (Å²) in [5, 5.41) is 0. The Hall–Kier alpha value is -4.39.